The zero-order chi connectivity index (χ0) is 29.7. The Balaban J connectivity index is 1.47. The van der Waals surface area contributed by atoms with Gasteiger partial charge in [-0.2, -0.15) is 0 Å². The SMILES string of the molecule is c1ccc(N(c2ccccc2)c2ccc(-c3cccc4sc5ccccc5c34)c3c2c2ccccc2n3-c2ccccc2)cc1. The lowest BCUT2D eigenvalue weighted by atomic mass is 9.96. The molecular formula is C42H28N2S. The molecule has 9 rings (SSSR count). The van der Waals surface area contributed by atoms with Gasteiger partial charge in [0.2, 0.25) is 0 Å². The van der Waals surface area contributed by atoms with E-state index >= 15 is 0 Å². The van der Waals surface area contributed by atoms with Gasteiger partial charge in [0.1, 0.15) is 0 Å². The zero-order valence-corrected chi connectivity index (χ0v) is 25.3. The second-order valence-corrected chi connectivity index (χ2v) is 12.4. The summed E-state index contributed by atoms with van der Waals surface area (Å²) in [6.07, 6.45) is 0. The minimum atomic E-state index is 1.13. The fourth-order valence-corrected chi connectivity index (χ4v) is 8.04. The molecule has 7 aromatic carbocycles. The van der Waals surface area contributed by atoms with Gasteiger partial charge in [0.15, 0.2) is 0 Å². The fourth-order valence-electron chi connectivity index (χ4n) is 6.91. The summed E-state index contributed by atoms with van der Waals surface area (Å²) >= 11 is 1.87. The molecule has 0 spiro atoms. The predicted octanol–water partition coefficient (Wildman–Crippen LogP) is 12.3. The second-order valence-electron chi connectivity index (χ2n) is 11.3. The molecule has 0 saturated carbocycles. The van der Waals surface area contributed by atoms with Crippen LogP contribution in [0.15, 0.2) is 170 Å². The van der Waals surface area contributed by atoms with Crippen LogP contribution in [0.1, 0.15) is 0 Å². The summed E-state index contributed by atoms with van der Waals surface area (Å²) in [5.74, 6) is 0. The summed E-state index contributed by atoms with van der Waals surface area (Å²) in [7, 11) is 0. The first-order valence-corrected chi connectivity index (χ1v) is 16.1. The van der Waals surface area contributed by atoms with Gasteiger partial charge in [0, 0.05) is 53.6 Å². The zero-order valence-electron chi connectivity index (χ0n) is 24.5. The molecule has 0 aliphatic rings. The first-order valence-electron chi connectivity index (χ1n) is 15.3. The first-order chi connectivity index (χ1) is 22.4. The molecule has 3 heteroatoms. The van der Waals surface area contributed by atoms with Crippen LogP contribution in [-0.2, 0) is 0 Å². The van der Waals surface area contributed by atoms with E-state index in [-0.39, 0.29) is 0 Å². The molecule has 0 amide bonds. The molecule has 0 fully saturated rings. The Hall–Kier alpha value is -5.64. The van der Waals surface area contributed by atoms with E-state index in [1.165, 1.54) is 53.1 Å². The van der Waals surface area contributed by atoms with Crippen molar-refractivity contribution in [2.24, 2.45) is 0 Å². The molecule has 0 radical (unpaired) electrons. The Labute approximate surface area is 265 Å². The van der Waals surface area contributed by atoms with Gasteiger partial charge in [-0.1, -0.05) is 109 Å². The smallest absolute Gasteiger partial charge is 0.0640 e. The van der Waals surface area contributed by atoms with Crippen LogP contribution in [0.25, 0.3) is 58.8 Å². The van der Waals surface area contributed by atoms with E-state index < -0.39 is 0 Å². The molecule has 0 aliphatic carbocycles. The van der Waals surface area contributed by atoms with Gasteiger partial charge in [-0.05, 0) is 66.2 Å². The van der Waals surface area contributed by atoms with E-state index in [9.17, 15) is 0 Å². The van der Waals surface area contributed by atoms with Crippen LogP contribution >= 0.6 is 11.3 Å². The van der Waals surface area contributed by atoms with Crippen molar-refractivity contribution in [3.05, 3.63) is 170 Å². The highest BCUT2D eigenvalue weighted by Crippen LogP contribution is 2.49. The van der Waals surface area contributed by atoms with Crippen LogP contribution < -0.4 is 4.90 Å². The molecule has 2 heterocycles. The van der Waals surface area contributed by atoms with E-state index in [0.29, 0.717) is 0 Å². The third-order valence-electron chi connectivity index (χ3n) is 8.77. The highest BCUT2D eigenvalue weighted by atomic mass is 32.1. The van der Waals surface area contributed by atoms with Crippen molar-refractivity contribution >= 4 is 70.4 Å². The summed E-state index contributed by atoms with van der Waals surface area (Å²) in [6.45, 7) is 0. The summed E-state index contributed by atoms with van der Waals surface area (Å²) in [5.41, 5.74) is 9.43. The normalized spacial score (nSPS) is 11.6. The van der Waals surface area contributed by atoms with Crippen LogP contribution in [0.3, 0.4) is 0 Å². The minimum absolute atomic E-state index is 1.13. The van der Waals surface area contributed by atoms with Crippen LogP contribution in [0.4, 0.5) is 17.1 Å². The largest absolute Gasteiger partial charge is 0.310 e. The van der Waals surface area contributed by atoms with Crippen molar-refractivity contribution in [1.29, 1.82) is 0 Å². The number of hydrogen-bond donors (Lipinski definition) is 0. The van der Waals surface area contributed by atoms with E-state index in [2.05, 4.69) is 179 Å². The third kappa shape index (κ3) is 4.09. The number of nitrogens with zero attached hydrogens (tertiary/aromatic N) is 2. The quantitative estimate of drug-likeness (QED) is 0.193. The maximum absolute atomic E-state index is 2.46. The number of para-hydroxylation sites is 4. The third-order valence-corrected chi connectivity index (χ3v) is 9.91. The number of anilines is 3. The Kier molecular flexibility index (Phi) is 6.03. The molecule has 0 saturated heterocycles. The molecule has 45 heavy (non-hydrogen) atoms. The average molecular weight is 593 g/mol. The fraction of sp³-hybridized carbons (Fsp3) is 0. The second kappa shape index (κ2) is 10.5. The highest BCUT2D eigenvalue weighted by Gasteiger charge is 2.24. The van der Waals surface area contributed by atoms with Gasteiger partial charge in [0.05, 0.1) is 16.7 Å². The van der Waals surface area contributed by atoms with Gasteiger partial charge in [-0.25, -0.2) is 0 Å². The monoisotopic (exact) mass is 592 g/mol. The Bertz CT molecular complexity index is 2440. The first kappa shape index (κ1) is 25.8. The Morgan fingerprint density at radius 3 is 1.76 bits per heavy atom. The molecule has 0 atom stereocenters. The average Bonchev–Trinajstić information content (AvgIpc) is 3.67. The lowest BCUT2D eigenvalue weighted by Crippen LogP contribution is -2.10. The molecular weight excluding hydrogens is 565 g/mol. The summed E-state index contributed by atoms with van der Waals surface area (Å²) in [5, 5.41) is 5.09. The van der Waals surface area contributed by atoms with E-state index in [1.807, 2.05) is 11.3 Å². The van der Waals surface area contributed by atoms with Crippen molar-refractivity contribution in [3.8, 4) is 16.8 Å². The topological polar surface area (TPSA) is 8.17 Å². The van der Waals surface area contributed by atoms with Crippen molar-refractivity contribution in [2.45, 2.75) is 0 Å². The van der Waals surface area contributed by atoms with Gasteiger partial charge < -0.3 is 9.47 Å². The summed E-state index contributed by atoms with van der Waals surface area (Å²) < 4.78 is 5.09. The summed E-state index contributed by atoms with van der Waals surface area (Å²) in [4.78, 5) is 2.40. The molecule has 0 bridgehead atoms. The van der Waals surface area contributed by atoms with E-state index in [4.69, 9.17) is 0 Å². The van der Waals surface area contributed by atoms with Crippen molar-refractivity contribution in [1.82, 2.24) is 4.57 Å². The number of aromatic nitrogens is 1. The predicted molar refractivity (Wildman–Crippen MR) is 194 cm³/mol. The van der Waals surface area contributed by atoms with Gasteiger partial charge in [0.25, 0.3) is 0 Å². The number of thiophene rings is 1. The highest BCUT2D eigenvalue weighted by molar-refractivity contribution is 7.25. The molecule has 2 nitrogen and oxygen atoms in total. The number of rotatable bonds is 5. The van der Waals surface area contributed by atoms with Gasteiger partial charge >= 0.3 is 0 Å². The molecule has 0 N–H and O–H groups in total. The van der Waals surface area contributed by atoms with Crippen LogP contribution in [0.2, 0.25) is 0 Å². The molecule has 212 valence electrons. The van der Waals surface area contributed by atoms with E-state index in [1.54, 1.807) is 0 Å². The van der Waals surface area contributed by atoms with Gasteiger partial charge in [-0.3, -0.25) is 0 Å². The molecule has 0 unspecified atom stereocenters. The van der Waals surface area contributed by atoms with E-state index in [0.717, 1.165) is 22.7 Å². The Morgan fingerprint density at radius 2 is 1.02 bits per heavy atom. The standard InChI is InChI=1S/C42H28N2S/c1-4-15-29(16-5-1)43(30-17-6-2-7-18-30)37-28-27-33(32-23-14-26-39-40(32)35-22-11-13-25-38(35)45-39)42-41(37)34-21-10-12-24-36(34)44(42)31-19-8-3-9-20-31/h1-28H. The molecule has 0 aliphatic heterocycles. The maximum Gasteiger partial charge on any atom is 0.0640 e. The van der Waals surface area contributed by atoms with Crippen LogP contribution in [0.5, 0.6) is 0 Å². The molecule has 2 aromatic heterocycles. The van der Waals surface area contributed by atoms with Crippen LogP contribution in [-0.4, -0.2) is 4.57 Å². The molecule has 9 aromatic rings. The number of hydrogen-bond acceptors (Lipinski definition) is 2. The minimum Gasteiger partial charge on any atom is -0.310 e. The lowest BCUT2D eigenvalue weighted by molar-refractivity contribution is 1.18. The van der Waals surface area contributed by atoms with Crippen molar-refractivity contribution in [3.63, 3.8) is 0 Å². The van der Waals surface area contributed by atoms with Crippen LogP contribution in [0, 0.1) is 0 Å². The Morgan fingerprint density at radius 1 is 0.422 bits per heavy atom. The van der Waals surface area contributed by atoms with Crippen molar-refractivity contribution < 1.29 is 0 Å². The maximum atomic E-state index is 2.46. The van der Waals surface area contributed by atoms with Crippen molar-refractivity contribution in [2.75, 3.05) is 4.90 Å². The number of benzene rings is 7. The number of fused-ring (bicyclic) bond motifs is 6. The van der Waals surface area contributed by atoms with Gasteiger partial charge in [-0.15, -0.1) is 11.3 Å². The lowest BCUT2D eigenvalue weighted by Gasteiger charge is -2.27. The summed E-state index contributed by atoms with van der Waals surface area (Å²) in [6, 6.07) is 61.3.